The summed E-state index contributed by atoms with van der Waals surface area (Å²) in [5.41, 5.74) is 5.69. The van der Waals surface area contributed by atoms with Crippen molar-refractivity contribution in [3.63, 3.8) is 0 Å². The molecule has 0 aromatic heterocycles. The minimum absolute atomic E-state index is 0.0166. The maximum Gasteiger partial charge on any atom is 0.239 e. The molecule has 0 aromatic rings. The summed E-state index contributed by atoms with van der Waals surface area (Å²) in [6, 6.07) is -0.0166. The van der Waals surface area contributed by atoms with Crippen molar-refractivity contribution in [1.82, 2.24) is 9.80 Å². The number of hydrogen-bond donors (Lipinski definition) is 1. The molecule has 0 saturated carbocycles. The largest absolute Gasteiger partial charge is 0.341 e. The molecule has 4 heteroatoms. The Bertz CT molecular complexity index is 262. The normalized spacial score (nSPS) is 20.2. The summed E-state index contributed by atoms with van der Waals surface area (Å²) in [7, 11) is 0. The summed E-state index contributed by atoms with van der Waals surface area (Å²) in [4.78, 5) is 16.9. The van der Waals surface area contributed by atoms with E-state index in [9.17, 15) is 4.79 Å². The first-order chi connectivity index (χ1) is 9.10. The summed E-state index contributed by atoms with van der Waals surface area (Å²) in [5.74, 6) is 0.743. The average molecular weight is 269 g/mol. The highest BCUT2D eigenvalue weighted by Crippen LogP contribution is 2.13. The molecule has 0 aromatic carbocycles. The minimum atomic E-state index is -0.0166. The number of nitrogens with zero attached hydrogens (tertiary/aromatic N) is 2. The zero-order valence-electron chi connectivity index (χ0n) is 12.9. The van der Waals surface area contributed by atoms with Gasteiger partial charge in [0.2, 0.25) is 5.91 Å². The molecule has 0 radical (unpaired) electrons. The van der Waals surface area contributed by atoms with Crippen LogP contribution in [0.3, 0.4) is 0 Å². The van der Waals surface area contributed by atoms with Gasteiger partial charge in [0.25, 0.3) is 0 Å². The van der Waals surface area contributed by atoms with E-state index in [1.807, 2.05) is 6.92 Å². The molecular weight excluding hydrogens is 238 g/mol. The van der Waals surface area contributed by atoms with Gasteiger partial charge in [-0.05, 0) is 38.8 Å². The van der Waals surface area contributed by atoms with Crippen molar-refractivity contribution in [2.24, 2.45) is 11.7 Å². The van der Waals surface area contributed by atoms with Gasteiger partial charge < -0.3 is 10.6 Å². The van der Waals surface area contributed by atoms with E-state index < -0.39 is 0 Å². The first-order valence-corrected chi connectivity index (χ1v) is 7.83. The maximum atomic E-state index is 12.6. The van der Waals surface area contributed by atoms with Crippen molar-refractivity contribution in [3.05, 3.63) is 0 Å². The third kappa shape index (κ3) is 5.11. The van der Waals surface area contributed by atoms with Gasteiger partial charge in [0.05, 0.1) is 6.04 Å². The fraction of sp³-hybridized carbons (Fsp3) is 0.933. The van der Waals surface area contributed by atoms with E-state index in [1.165, 1.54) is 12.8 Å². The van der Waals surface area contributed by atoms with E-state index >= 15 is 0 Å². The van der Waals surface area contributed by atoms with Crippen molar-refractivity contribution in [1.29, 1.82) is 0 Å². The molecule has 0 aliphatic carbocycles. The smallest absolute Gasteiger partial charge is 0.239 e. The predicted molar refractivity (Wildman–Crippen MR) is 80.0 cm³/mol. The quantitative estimate of drug-likeness (QED) is 0.798. The highest BCUT2D eigenvalue weighted by Gasteiger charge is 2.26. The second kappa shape index (κ2) is 8.54. The van der Waals surface area contributed by atoms with Crippen LogP contribution >= 0.6 is 0 Å². The van der Waals surface area contributed by atoms with Gasteiger partial charge in [0, 0.05) is 19.6 Å². The standard InChI is InChI=1S/C15H31N3O/c1-4-17(12-13(2)11-16)14(3)15(19)18-9-7-5-6-8-10-18/h13-14H,4-12,16H2,1-3H3. The summed E-state index contributed by atoms with van der Waals surface area (Å²) in [5, 5.41) is 0. The van der Waals surface area contributed by atoms with Crippen LogP contribution in [0.4, 0.5) is 0 Å². The molecule has 1 fully saturated rings. The minimum Gasteiger partial charge on any atom is -0.341 e. The summed E-state index contributed by atoms with van der Waals surface area (Å²) in [6.07, 6.45) is 4.84. The first kappa shape index (κ1) is 16.4. The second-order valence-electron chi connectivity index (χ2n) is 5.84. The number of nitrogens with two attached hydrogens (primary N) is 1. The van der Waals surface area contributed by atoms with Crippen molar-refractivity contribution in [3.8, 4) is 0 Å². The molecule has 19 heavy (non-hydrogen) atoms. The zero-order chi connectivity index (χ0) is 14.3. The van der Waals surface area contributed by atoms with E-state index in [4.69, 9.17) is 5.73 Å². The fourth-order valence-corrected chi connectivity index (χ4v) is 2.75. The van der Waals surface area contributed by atoms with E-state index in [2.05, 4.69) is 23.6 Å². The molecule has 1 amide bonds. The number of carbonyl (C=O) groups excluding carboxylic acids is 1. The molecule has 1 aliphatic rings. The lowest BCUT2D eigenvalue weighted by atomic mass is 10.1. The summed E-state index contributed by atoms with van der Waals surface area (Å²) in [6.45, 7) is 10.7. The average Bonchev–Trinajstić information content (AvgIpc) is 2.71. The Balaban J connectivity index is 2.56. The molecular formula is C15H31N3O. The van der Waals surface area contributed by atoms with Gasteiger partial charge in [-0.3, -0.25) is 9.69 Å². The molecule has 1 heterocycles. The van der Waals surface area contributed by atoms with Crippen LogP contribution in [0.5, 0.6) is 0 Å². The Labute approximate surface area is 118 Å². The Morgan fingerprint density at radius 2 is 1.79 bits per heavy atom. The predicted octanol–water partition coefficient (Wildman–Crippen LogP) is 1.69. The topological polar surface area (TPSA) is 49.6 Å². The van der Waals surface area contributed by atoms with Crippen molar-refractivity contribution < 1.29 is 4.79 Å². The van der Waals surface area contributed by atoms with Crippen LogP contribution < -0.4 is 5.73 Å². The van der Waals surface area contributed by atoms with E-state index in [0.717, 1.165) is 39.0 Å². The highest BCUT2D eigenvalue weighted by atomic mass is 16.2. The van der Waals surface area contributed by atoms with Crippen molar-refractivity contribution in [2.75, 3.05) is 32.7 Å². The number of carbonyl (C=O) groups is 1. The molecule has 2 unspecified atom stereocenters. The summed E-state index contributed by atoms with van der Waals surface area (Å²) >= 11 is 0. The number of hydrogen-bond acceptors (Lipinski definition) is 3. The third-order valence-corrected chi connectivity index (χ3v) is 4.18. The van der Waals surface area contributed by atoms with Gasteiger partial charge in [-0.25, -0.2) is 0 Å². The van der Waals surface area contributed by atoms with Crippen LogP contribution in [-0.4, -0.2) is 54.5 Å². The summed E-state index contributed by atoms with van der Waals surface area (Å²) < 4.78 is 0. The highest BCUT2D eigenvalue weighted by molar-refractivity contribution is 5.81. The number of likely N-dealkylation sites (tertiary alicyclic amines) is 1. The van der Waals surface area contributed by atoms with Gasteiger partial charge in [0.1, 0.15) is 0 Å². The van der Waals surface area contributed by atoms with Gasteiger partial charge in [-0.15, -0.1) is 0 Å². The fourth-order valence-electron chi connectivity index (χ4n) is 2.75. The lowest BCUT2D eigenvalue weighted by Gasteiger charge is -2.33. The maximum absolute atomic E-state index is 12.6. The molecule has 1 rings (SSSR count). The van der Waals surface area contributed by atoms with Crippen LogP contribution in [0, 0.1) is 5.92 Å². The van der Waals surface area contributed by atoms with Gasteiger partial charge >= 0.3 is 0 Å². The van der Waals surface area contributed by atoms with E-state index in [1.54, 1.807) is 0 Å². The molecule has 4 nitrogen and oxygen atoms in total. The zero-order valence-corrected chi connectivity index (χ0v) is 12.9. The lowest BCUT2D eigenvalue weighted by Crippen LogP contribution is -2.49. The molecule has 112 valence electrons. The Morgan fingerprint density at radius 1 is 1.21 bits per heavy atom. The van der Waals surface area contributed by atoms with E-state index in [0.29, 0.717) is 18.4 Å². The Hall–Kier alpha value is -0.610. The van der Waals surface area contributed by atoms with Crippen molar-refractivity contribution >= 4 is 5.91 Å². The Morgan fingerprint density at radius 3 is 2.26 bits per heavy atom. The molecule has 0 spiro atoms. The second-order valence-corrected chi connectivity index (χ2v) is 5.84. The Kier molecular flexibility index (Phi) is 7.39. The molecule has 1 saturated heterocycles. The van der Waals surface area contributed by atoms with Gasteiger partial charge in [0.15, 0.2) is 0 Å². The SMILES string of the molecule is CCN(CC(C)CN)C(C)C(=O)N1CCCCCC1. The third-order valence-electron chi connectivity index (χ3n) is 4.18. The molecule has 2 N–H and O–H groups in total. The molecule has 1 aliphatic heterocycles. The van der Waals surface area contributed by atoms with Crippen LogP contribution in [-0.2, 0) is 4.79 Å². The lowest BCUT2D eigenvalue weighted by molar-refractivity contribution is -0.136. The number of rotatable bonds is 6. The monoisotopic (exact) mass is 269 g/mol. The molecule has 0 bridgehead atoms. The van der Waals surface area contributed by atoms with Crippen molar-refractivity contribution in [2.45, 2.75) is 52.5 Å². The number of likely N-dealkylation sites (N-methyl/N-ethyl adjacent to an activating group) is 1. The van der Waals surface area contributed by atoms with Crippen LogP contribution in [0.25, 0.3) is 0 Å². The molecule has 2 atom stereocenters. The van der Waals surface area contributed by atoms with Gasteiger partial charge in [-0.2, -0.15) is 0 Å². The van der Waals surface area contributed by atoms with Crippen LogP contribution in [0.15, 0.2) is 0 Å². The van der Waals surface area contributed by atoms with Crippen LogP contribution in [0.1, 0.15) is 46.5 Å². The van der Waals surface area contributed by atoms with Crippen LogP contribution in [0.2, 0.25) is 0 Å². The van der Waals surface area contributed by atoms with Gasteiger partial charge in [-0.1, -0.05) is 26.7 Å². The first-order valence-electron chi connectivity index (χ1n) is 7.83. The number of amides is 1. The van der Waals surface area contributed by atoms with E-state index in [-0.39, 0.29) is 6.04 Å².